The van der Waals surface area contributed by atoms with Crippen molar-refractivity contribution in [2.45, 2.75) is 38.7 Å². The monoisotopic (exact) mass is 662 g/mol. The van der Waals surface area contributed by atoms with Crippen LogP contribution < -0.4 is 15.4 Å². The van der Waals surface area contributed by atoms with Crippen molar-refractivity contribution >= 4 is 58.4 Å². The van der Waals surface area contributed by atoms with E-state index in [4.69, 9.17) is 44.3 Å². The van der Waals surface area contributed by atoms with Crippen molar-refractivity contribution in [2.24, 2.45) is 0 Å². The van der Waals surface area contributed by atoms with Crippen LogP contribution in [0.1, 0.15) is 41.6 Å². The van der Waals surface area contributed by atoms with Crippen LogP contribution in [0.25, 0.3) is 5.82 Å². The van der Waals surface area contributed by atoms with E-state index < -0.39 is 47.9 Å². The van der Waals surface area contributed by atoms with E-state index in [1.54, 1.807) is 32.2 Å². The van der Waals surface area contributed by atoms with Crippen molar-refractivity contribution in [2.75, 3.05) is 25.0 Å². The molecule has 1 aromatic carbocycles. The number of nitrogens with one attached hydrogen (secondary N) is 2. The van der Waals surface area contributed by atoms with E-state index in [1.807, 2.05) is 0 Å². The number of hydrogen-bond donors (Lipinski definition) is 2. The molecule has 1 aliphatic rings. The Morgan fingerprint density at radius 2 is 1.74 bits per heavy atom. The number of halogens is 6. The Hall–Kier alpha value is -3.75. The highest BCUT2D eigenvalue weighted by atomic mass is 35.5. The van der Waals surface area contributed by atoms with Crippen molar-refractivity contribution in [1.82, 2.24) is 25.0 Å². The Morgan fingerprint density at radius 3 is 2.37 bits per heavy atom. The molecule has 3 amide bonds. The summed E-state index contributed by atoms with van der Waals surface area (Å²) in [6.45, 7) is 4.01. The molecule has 2 aromatic heterocycles. The van der Waals surface area contributed by atoms with Crippen molar-refractivity contribution in [3.63, 3.8) is 0 Å². The van der Waals surface area contributed by atoms with Crippen molar-refractivity contribution in [3.8, 4) is 11.7 Å². The maximum Gasteiger partial charge on any atom is 0.410 e. The van der Waals surface area contributed by atoms with Gasteiger partial charge in [0.1, 0.15) is 23.9 Å². The number of nitrogens with zero attached hydrogens (tertiary/aromatic N) is 4. The van der Waals surface area contributed by atoms with E-state index in [-0.39, 0.29) is 51.2 Å². The highest BCUT2D eigenvalue weighted by molar-refractivity contribution is 6.38. The SMILES string of the molecule is CC(C)(C)OC(=O)N1CC(Oc2cc(C(=O)Nc3c(Cl)cc(Cl)cc3C(=O)NCC(F)(F)F)n(-c3ncccc3Cl)n2)C1. The number of ether oxygens (including phenoxy) is 2. The quantitative estimate of drug-likeness (QED) is 0.329. The largest absolute Gasteiger partial charge is 0.469 e. The van der Waals surface area contributed by atoms with Gasteiger partial charge in [-0.05, 0) is 45.0 Å². The number of hydrogen-bond acceptors (Lipinski definition) is 7. The summed E-state index contributed by atoms with van der Waals surface area (Å²) in [4.78, 5) is 44.0. The average Bonchev–Trinajstić information content (AvgIpc) is 3.28. The summed E-state index contributed by atoms with van der Waals surface area (Å²) in [6, 6.07) is 6.60. The van der Waals surface area contributed by atoms with E-state index in [2.05, 4.69) is 15.4 Å². The first-order valence-corrected chi connectivity index (χ1v) is 13.6. The maximum atomic E-state index is 13.5. The maximum absolute atomic E-state index is 13.5. The molecule has 3 aromatic rings. The van der Waals surface area contributed by atoms with Crippen LogP contribution in [0.2, 0.25) is 15.1 Å². The number of aromatic nitrogens is 3. The Morgan fingerprint density at radius 1 is 1.05 bits per heavy atom. The fourth-order valence-corrected chi connectivity index (χ4v) is 4.51. The summed E-state index contributed by atoms with van der Waals surface area (Å²) >= 11 is 18.5. The summed E-state index contributed by atoms with van der Waals surface area (Å²) in [5.41, 5.74) is -1.56. The average molecular weight is 664 g/mol. The first-order chi connectivity index (χ1) is 20.0. The molecule has 1 aliphatic heterocycles. The molecule has 1 saturated heterocycles. The number of anilines is 1. The molecule has 230 valence electrons. The van der Waals surface area contributed by atoms with Crippen LogP contribution >= 0.6 is 34.8 Å². The summed E-state index contributed by atoms with van der Waals surface area (Å²) < 4.78 is 50.4. The molecule has 17 heteroatoms. The van der Waals surface area contributed by atoms with Gasteiger partial charge in [0.25, 0.3) is 11.8 Å². The zero-order chi connectivity index (χ0) is 31.7. The molecule has 0 spiro atoms. The molecule has 2 N–H and O–H groups in total. The zero-order valence-corrected chi connectivity index (χ0v) is 25.0. The third kappa shape index (κ3) is 8.21. The number of alkyl halides is 3. The van der Waals surface area contributed by atoms with Crippen LogP contribution in [0, 0.1) is 0 Å². The second-order valence-corrected chi connectivity index (χ2v) is 11.5. The van der Waals surface area contributed by atoms with Crippen LogP contribution in [0.15, 0.2) is 36.5 Å². The molecule has 4 rings (SSSR count). The minimum Gasteiger partial charge on any atom is -0.469 e. The predicted molar refractivity (Wildman–Crippen MR) is 151 cm³/mol. The van der Waals surface area contributed by atoms with Crippen molar-refractivity contribution in [1.29, 1.82) is 0 Å². The van der Waals surface area contributed by atoms with Gasteiger partial charge in [-0.25, -0.2) is 14.5 Å². The Balaban J connectivity index is 1.60. The number of likely N-dealkylation sites (tertiary alicyclic amines) is 1. The second kappa shape index (κ2) is 12.5. The van der Waals surface area contributed by atoms with Gasteiger partial charge in [0.2, 0.25) is 5.88 Å². The molecule has 0 saturated carbocycles. The third-order valence-electron chi connectivity index (χ3n) is 5.63. The summed E-state index contributed by atoms with van der Waals surface area (Å²) in [7, 11) is 0. The van der Waals surface area contributed by atoms with Crippen molar-refractivity contribution < 1.29 is 37.0 Å². The number of rotatable bonds is 7. The van der Waals surface area contributed by atoms with E-state index in [9.17, 15) is 27.6 Å². The molecule has 3 heterocycles. The van der Waals surface area contributed by atoms with Crippen LogP contribution in [0.3, 0.4) is 0 Å². The minimum absolute atomic E-state index is 0.0222. The van der Waals surface area contributed by atoms with Gasteiger partial charge in [-0.3, -0.25) is 9.59 Å². The highest BCUT2D eigenvalue weighted by Crippen LogP contribution is 2.32. The highest BCUT2D eigenvalue weighted by Gasteiger charge is 2.36. The molecule has 1 fully saturated rings. The molecule has 43 heavy (non-hydrogen) atoms. The van der Waals surface area contributed by atoms with Crippen LogP contribution in [-0.4, -0.2) is 75.1 Å². The molecule has 0 bridgehead atoms. The number of carbonyl (C=O) groups excluding carboxylic acids is 3. The zero-order valence-electron chi connectivity index (χ0n) is 22.8. The molecular formula is C26H24Cl3F3N6O5. The van der Waals surface area contributed by atoms with Gasteiger partial charge in [0.05, 0.1) is 34.4 Å². The Kier molecular flexibility index (Phi) is 9.33. The van der Waals surface area contributed by atoms with Gasteiger partial charge in [0, 0.05) is 17.3 Å². The predicted octanol–water partition coefficient (Wildman–Crippen LogP) is 5.77. The third-order valence-corrected chi connectivity index (χ3v) is 6.45. The second-order valence-electron chi connectivity index (χ2n) is 10.3. The Labute approximate surface area is 258 Å². The van der Waals surface area contributed by atoms with Gasteiger partial charge in [-0.2, -0.15) is 13.2 Å². The standard InChI is InChI=1S/C26H24Cl3F3N6O5/c1-25(2,3)43-24(41)37-10-14(11-37)42-19-9-18(38(36-19)21-16(28)5-4-6-33-21)23(40)35-20-15(7-13(27)8-17(20)29)22(39)34-12-26(30,31)32/h4-9,14H,10-12H2,1-3H3,(H,34,39)(H,35,40). The minimum atomic E-state index is -4.68. The Bertz CT molecular complexity index is 1550. The summed E-state index contributed by atoms with van der Waals surface area (Å²) in [5, 5.41) is 8.32. The van der Waals surface area contributed by atoms with Gasteiger partial charge in [0.15, 0.2) is 5.82 Å². The van der Waals surface area contributed by atoms with E-state index in [0.29, 0.717) is 0 Å². The van der Waals surface area contributed by atoms with Crippen LogP contribution in [-0.2, 0) is 4.74 Å². The summed E-state index contributed by atoms with van der Waals surface area (Å²) in [5.74, 6) is -2.03. The molecule has 0 aliphatic carbocycles. The molecule has 0 unspecified atom stereocenters. The lowest BCUT2D eigenvalue weighted by Crippen LogP contribution is -2.57. The lowest BCUT2D eigenvalue weighted by atomic mass is 10.1. The van der Waals surface area contributed by atoms with Gasteiger partial charge < -0.3 is 25.0 Å². The lowest BCUT2D eigenvalue weighted by Gasteiger charge is -2.38. The van der Waals surface area contributed by atoms with Crippen LogP contribution in [0.5, 0.6) is 5.88 Å². The molecular weight excluding hydrogens is 640 g/mol. The lowest BCUT2D eigenvalue weighted by molar-refractivity contribution is -0.123. The van der Waals surface area contributed by atoms with E-state index >= 15 is 0 Å². The molecule has 0 atom stereocenters. The number of pyridine rings is 1. The molecule has 0 radical (unpaired) electrons. The fraction of sp³-hybridized carbons (Fsp3) is 0.346. The summed E-state index contributed by atoms with van der Waals surface area (Å²) in [6.07, 6.45) is -4.25. The molecule has 11 nitrogen and oxygen atoms in total. The van der Waals surface area contributed by atoms with E-state index in [0.717, 1.165) is 10.7 Å². The van der Waals surface area contributed by atoms with Gasteiger partial charge >= 0.3 is 12.3 Å². The smallest absolute Gasteiger partial charge is 0.410 e. The topological polar surface area (TPSA) is 128 Å². The normalized spacial score (nSPS) is 13.7. The number of benzene rings is 1. The van der Waals surface area contributed by atoms with Crippen LogP contribution in [0.4, 0.5) is 23.7 Å². The van der Waals surface area contributed by atoms with Crippen molar-refractivity contribution in [3.05, 3.63) is 62.9 Å². The first-order valence-electron chi connectivity index (χ1n) is 12.5. The first kappa shape index (κ1) is 32.2. The number of carbonyl (C=O) groups is 3. The fourth-order valence-electron chi connectivity index (χ4n) is 3.77. The number of amides is 3. The van der Waals surface area contributed by atoms with Gasteiger partial charge in [-0.15, -0.1) is 5.10 Å². The van der Waals surface area contributed by atoms with E-state index in [1.165, 1.54) is 29.3 Å². The van der Waals surface area contributed by atoms with Gasteiger partial charge in [-0.1, -0.05) is 34.8 Å².